The largest absolute Gasteiger partial charge is 0.466 e. The van der Waals surface area contributed by atoms with Crippen LogP contribution in [0.3, 0.4) is 0 Å². The minimum absolute atomic E-state index is 0.0492. The first kappa shape index (κ1) is 14.0. The lowest BCUT2D eigenvalue weighted by Crippen LogP contribution is -2.41. The van der Waals surface area contributed by atoms with Crippen LogP contribution in [0.25, 0.3) is 0 Å². The summed E-state index contributed by atoms with van der Waals surface area (Å²) in [6.45, 7) is 3.70. The summed E-state index contributed by atoms with van der Waals surface area (Å²) in [5, 5.41) is 2.90. The van der Waals surface area contributed by atoms with Crippen LogP contribution in [0, 0.1) is 5.92 Å². The van der Waals surface area contributed by atoms with Crippen LogP contribution in [0.15, 0.2) is 0 Å². The number of carbonyl (C=O) groups is 2. The van der Waals surface area contributed by atoms with E-state index >= 15 is 0 Å². The molecule has 0 aromatic heterocycles. The molecule has 98 valence electrons. The van der Waals surface area contributed by atoms with E-state index in [1.807, 2.05) is 0 Å². The van der Waals surface area contributed by atoms with Gasteiger partial charge in [0.25, 0.3) is 0 Å². The number of carbonyl (C=O) groups excluding carboxylic acids is 2. The van der Waals surface area contributed by atoms with Crippen LogP contribution in [0.1, 0.15) is 52.4 Å². The first-order valence-corrected chi connectivity index (χ1v) is 6.56. The number of hydrogen-bond acceptors (Lipinski definition) is 3. The number of hydrogen-bond donors (Lipinski definition) is 1. The Labute approximate surface area is 103 Å². The molecule has 1 atom stereocenters. The summed E-state index contributed by atoms with van der Waals surface area (Å²) in [5.74, 6) is 0.152. The van der Waals surface area contributed by atoms with E-state index in [1.165, 1.54) is 26.2 Å². The smallest absolute Gasteiger partial charge is 0.307 e. The van der Waals surface area contributed by atoms with Gasteiger partial charge in [-0.3, -0.25) is 9.59 Å². The third kappa shape index (κ3) is 5.20. The third-order valence-corrected chi connectivity index (χ3v) is 3.30. The van der Waals surface area contributed by atoms with Gasteiger partial charge in [0, 0.05) is 13.0 Å². The molecule has 0 aromatic carbocycles. The van der Waals surface area contributed by atoms with Gasteiger partial charge in [-0.2, -0.15) is 0 Å². The summed E-state index contributed by atoms with van der Waals surface area (Å²) in [6, 6.07) is -0.0492. The van der Waals surface area contributed by atoms with Crippen molar-refractivity contribution in [3.63, 3.8) is 0 Å². The molecule has 1 fully saturated rings. The lowest BCUT2D eigenvalue weighted by atomic mass is 9.82. The Morgan fingerprint density at radius 2 is 1.94 bits per heavy atom. The Balaban J connectivity index is 2.52. The normalized spacial score (nSPS) is 18.5. The van der Waals surface area contributed by atoms with Crippen molar-refractivity contribution in [1.82, 2.24) is 5.32 Å². The van der Waals surface area contributed by atoms with Gasteiger partial charge in [0.1, 0.15) is 0 Å². The van der Waals surface area contributed by atoms with Crippen LogP contribution < -0.4 is 5.32 Å². The Bertz CT molecular complexity index is 259. The fraction of sp³-hybridized carbons (Fsp3) is 0.846. The molecule has 1 saturated carbocycles. The van der Waals surface area contributed by atoms with Crippen molar-refractivity contribution in [2.75, 3.05) is 6.61 Å². The first-order valence-electron chi connectivity index (χ1n) is 6.56. The van der Waals surface area contributed by atoms with Crippen LogP contribution in [0.5, 0.6) is 0 Å². The SMILES string of the molecule is CCOC(=O)C[C@@H](NC(C)=O)C1CCCCC1. The predicted octanol–water partition coefficient (Wildman–Crippen LogP) is 2.02. The Morgan fingerprint density at radius 1 is 1.29 bits per heavy atom. The van der Waals surface area contributed by atoms with E-state index in [0.717, 1.165) is 12.8 Å². The van der Waals surface area contributed by atoms with Crippen molar-refractivity contribution < 1.29 is 14.3 Å². The molecular formula is C13H23NO3. The van der Waals surface area contributed by atoms with Crippen LogP contribution in [-0.4, -0.2) is 24.5 Å². The summed E-state index contributed by atoms with van der Waals surface area (Å²) in [5.41, 5.74) is 0. The van der Waals surface area contributed by atoms with E-state index in [-0.39, 0.29) is 17.9 Å². The van der Waals surface area contributed by atoms with Gasteiger partial charge >= 0.3 is 5.97 Å². The summed E-state index contributed by atoms with van der Waals surface area (Å²) in [4.78, 5) is 22.7. The fourth-order valence-electron chi connectivity index (χ4n) is 2.53. The van der Waals surface area contributed by atoms with E-state index in [9.17, 15) is 9.59 Å². The summed E-state index contributed by atoms with van der Waals surface area (Å²) in [6.07, 6.45) is 6.17. The molecule has 4 heteroatoms. The maximum atomic E-state index is 11.5. The van der Waals surface area contributed by atoms with Crippen LogP contribution in [-0.2, 0) is 14.3 Å². The van der Waals surface area contributed by atoms with Crippen molar-refractivity contribution in [2.45, 2.75) is 58.4 Å². The second-order valence-electron chi connectivity index (χ2n) is 4.71. The van der Waals surface area contributed by atoms with Gasteiger partial charge in [-0.25, -0.2) is 0 Å². The monoisotopic (exact) mass is 241 g/mol. The van der Waals surface area contributed by atoms with E-state index in [2.05, 4.69) is 5.32 Å². The zero-order valence-electron chi connectivity index (χ0n) is 10.8. The van der Waals surface area contributed by atoms with Crippen molar-refractivity contribution in [1.29, 1.82) is 0 Å². The predicted molar refractivity (Wildman–Crippen MR) is 65.4 cm³/mol. The highest BCUT2D eigenvalue weighted by atomic mass is 16.5. The highest BCUT2D eigenvalue weighted by Crippen LogP contribution is 2.27. The van der Waals surface area contributed by atoms with E-state index in [0.29, 0.717) is 18.9 Å². The molecule has 0 bridgehead atoms. The van der Waals surface area contributed by atoms with Gasteiger partial charge < -0.3 is 10.1 Å². The highest BCUT2D eigenvalue weighted by molar-refractivity contribution is 5.75. The number of nitrogens with one attached hydrogen (secondary N) is 1. The number of esters is 1. The highest BCUT2D eigenvalue weighted by Gasteiger charge is 2.26. The molecule has 1 aliphatic carbocycles. The van der Waals surface area contributed by atoms with Crippen molar-refractivity contribution in [3.05, 3.63) is 0 Å². The molecule has 1 amide bonds. The van der Waals surface area contributed by atoms with Crippen molar-refractivity contribution in [2.24, 2.45) is 5.92 Å². The van der Waals surface area contributed by atoms with Gasteiger partial charge in [-0.1, -0.05) is 19.3 Å². The molecule has 1 aliphatic rings. The zero-order valence-corrected chi connectivity index (χ0v) is 10.8. The molecule has 0 spiro atoms. The molecule has 0 radical (unpaired) electrons. The fourth-order valence-corrected chi connectivity index (χ4v) is 2.53. The second kappa shape index (κ2) is 7.30. The lowest BCUT2D eigenvalue weighted by Gasteiger charge is -2.30. The standard InChI is InChI=1S/C13H23NO3/c1-3-17-13(16)9-12(14-10(2)15)11-7-5-4-6-8-11/h11-12H,3-9H2,1-2H3,(H,14,15)/t12-/m1/s1. The zero-order chi connectivity index (χ0) is 12.7. The Hall–Kier alpha value is -1.06. The molecule has 0 unspecified atom stereocenters. The van der Waals surface area contributed by atoms with Gasteiger partial charge in [0.05, 0.1) is 13.0 Å². The van der Waals surface area contributed by atoms with Crippen LogP contribution in [0.4, 0.5) is 0 Å². The molecule has 1 N–H and O–H groups in total. The quantitative estimate of drug-likeness (QED) is 0.749. The molecule has 0 saturated heterocycles. The molecule has 0 aromatic rings. The number of amides is 1. The van der Waals surface area contributed by atoms with Gasteiger partial charge in [0.2, 0.25) is 5.91 Å². The molecule has 4 nitrogen and oxygen atoms in total. The third-order valence-electron chi connectivity index (χ3n) is 3.30. The summed E-state index contributed by atoms with van der Waals surface area (Å²) in [7, 11) is 0. The molecule has 17 heavy (non-hydrogen) atoms. The first-order chi connectivity index (χ1) is 8.13. The Morgan fingerprint density at radius 3 is 2.47 bits per heavy atom. The minimum Gasteiger partial charge on any atom is -0.466 e. The maximum Gasteiger partial charge on any atom is 0.307 e. The minimum atomic E-state index is -0.211. The van der Waals surface area contributed by atoms with E-state index in [1.54, 1.807) is 6.92 Å². The molecule has 0 aliphatic heterocycles. The van der Waals surface area contributed by atoms with E-state index in [4.69, 9.17) is 4.74 Å². The van der Waals surface area contributed by atoms with Gasteiger partial charge in [-0.05, 0) is 25.7 Å². The number of ether oxygens (including phenoxy) is 1. The van der Waals surface area contributed by atoms with Crippen LogP contribution in [0.2, 0.25) is 0 Å². The van der Waals surface area contributed by atoms with E-state index < -0.39 is 0 Å². The van der Waals surface area contributed by atoms with Crippen molar-refractivity contribution in [3.8, 4) is 0 Å². The molecule has 1 rings (SSSR count). The summed E-state index contributed by atoms with van der Waals surface area (Å²) >= 11 is 0. The Kier molecular flexibility index (Phi) is 6.01. The topological polar surface area (TPSA) is 55.4 Å². The maximum absolute atomic E-state index is 11.5. The van der Waals surface area contributed by atoms with Crippen LogP contribution >= 0.6 is 0 Å². The van der Waals surface area contributed by atoms with Gasteiger partial charge in [-0.15, -0.1) is 0 Å². The van der Waals surface area contributed by atoms with Gasteiger partial charge in [0.15, 0.2) is 0 Å². The average molecular weight is 241 g/mol. The molecule has 0 heterocycles. The second-order valence-corrected chi connectivity index (χ2v) is 4.71. The molecular weight excluding hydrogens is 218 g/mol. The number of rotatable bonds is 5. The average Bonchev–Trinajstić information content (AvgIpc) is 2.29. The lowest BCUT2D eigenvalue weighted by molar-refractivity contribution is -0.144. The summed E-state index contributed by atoms with van der Waals surface area (Å²) < 4.78 is 4.95. The van der Waals surface area contributed by atoms with Crippen molar-refractivity contribution >= 4 is 11.9 Å².